The highest BCUT2D eigenvalue weighted by Crippen LogP contribution is 2.30. The van der Waals surface area contributed by atoms with Gasteiger partial charge in [0.1, 0.15) is 0 Å². The molecule has 1 fully saturated rings. The van der Waals surface area contributed by atoms with Gasteiger partial charge in [-0.2, -0.15) is 0 Å². The first kappa shape index (κ1) is 16.3. The van der Waals surface area contributed by atoms with Gasteiger partial charge in [0.15, 0.2) is 0 Å². The predicted octanol–water partition coefficient (Wildman–Crippen LogP) is 2.76. The van der Waals surface area contributed by atoms with E-state index in [1.807, 2.05) is 12.1 Å². The van der Waals surface area contributed by atoms with Crippen LogP contribution < -0.4 is 16.0 Å². The number of nitrogens with two attached hydrogens (primary N) is 1. The number of nitrogens with zero attached hydrogens (tertiary/aromatic N) is 1. The van der Waals surface area contributed by atoms with Crippen molar-refractivity contribution in [3.63, 3.8) is 0 Å². The minimum atomic E-state index is -0.389. The van der Waals surface area contributed by atoms with E-state index < -0.39 is 0 Å². The van der Waals surface area contributed by atoms with Gasteiger partial charge >= 0.3 is 0 Å². The Balaban J connectivity index is 2.05. The van der Waals surface area contributed by atoms with Gasteiger partial charge in [-0.05, 0) is 59.4 Å². The van der Waals surface area contributed by atoms with Crippen LogP contribution in [0, 0.1) is 5.92 Å². The van der Waals surface area contributed by atoms with Crippen molar-refractivity contribution in [3.05, 3.63) is 28.2 Å². The molecule has 1 heterocycles. The predicted molar refractivity (Wildman–Crippen MR) is 90.7 cm³/mol. The van der Waals surface area contributed by atoms with Gasteiger partial charge in [-0.3, -0.25) is 4.79 Å². The molecule has 1 aromatic rings. The third kappa shape index (κ3) is 4.45. The molecule has 5 heteroatoms. The van der Waals surface area contributed by atoms with E-state index in [1.54, 1.807) is 6.07 Å². The lowest BCUT2D eigenvalue weighted by Gasteiger charge is -2.35. The van der Waals surface area contributed by atoms with Gasteiger partial charge in [0, 0.05) is 29.2 Å². The molecule has 2 rings (SSSR count). The number of nitrogens with one attached hydrogen (secondary N) is 1. The first-order valence-electron chi connectivity index (χ1n) is 7.55. The van der Waals surface area contributed by atoms with Crippen LogP contribution in [0.25, 0.3) is 0 Å². The van der Waals surface area contributed by atoms with Crippen LogP contribution in [0.2, 0.25) is 0 Å². The van der Waals surface area contributed by atoms with Crippen molar-refractivity contribution in [2.75, 3.05) is 24.5 Å². The molecule has 4 nitrogen and oxygen atoms in total. The van der Waals surface area contributed by atoms with Crippen LogP contribution in [0.4, 0.5) is 5.69 Å². The molecule has 3 N–H and O–H groups in total. The number of anilines is 1. The number of rotatable bonds is 5. The standard InChI is InChI=1S/C16H24BrN3O/c1-11(2)19-9-12-4-3-7-20(10-12)15-6-5-13(16(18)21)8-14(15)17/h5-6,8,11-12,19H,3-4,7,9-10H2,1-2H3,(H2,18,21). The van der Waals surface area contributed by atoms with Crippen LogP contribution in [0.3, 0.4) is 0 Å². The van der Waals surface area contributed by atoms with Crippen molar-refractivity contribution >= 4 is 27.5 Å². The highest BCUT2D eigenvalue weighted by molar-refractivity contribution is 9.10. The summed E-state index contributed by atoms with van der Waals surface area (Å²) in [5.74, 6) is 0.281. The molecule has 116 valence electrons. The second-order valence-corrected chi connectivity index (χ2v) is 6.90. The lowest BCUT2D eigenvalue weighted by atomic mass is 9.97. The summed E-state index contributed by atoms with van der Waals surface area (Å²) in [6.07, 6.45) is 2.47. The average molecular weight is 354 g/mol. The van der Waals surface area contributed by atoms with Gasteiger partial charge in [0.2, 0.25) is 5.91 Å². The SMILES string of the molecule is CC(C)NCC1CCCN(c2ccc(C(N)=O)cc2Br)C1. The Kier molecular flexibility index (Phi) is 5.65. The molecule has 1 unspecified atom stereocenters. The molecule has 1 amide bonds. The molecule has 0 bridgehead atoms. The molecule has 1 atom stereocenters. The number of carbonyl (C=O) groups excluding carboxylic acids is 1. The Morgan fingerprint density at radius 1 is 1.52 bits per heavy atom. The number of primary amides is 1. The van der Waals surface area contributed by atoms with Gasteiger partial charge < -0.3 is 16.0 Å². The van der Waals surface area contributed by atoms with Crippen molar-refractivity contribution in [2.45, 2.75) is 32.7 Å². The first-order chi connectivity index (χ1) is 9.97. The summed E-state index contributed by atoms with van der Waals surface area (Å²) in [4.78, 5) is 13.6. The van der Waals surface area contributed by atoms with Crippen LogP contribution in [0.1, 0.15) is 37.0 Å². The quantitative estimate of drug-likeness (QED) is 0.855. The zero-order chi connectivity index (χ0) is 15.4. The maximum Gasteiger partial charge on any atom is 0.248 e. The topological polar surface area (TPSA) is 58.4 Å². The van der Waals surface area contributed by atoms with Crippen molar-refractivity contribution in [3.8, 4) is 0 Å². The average Bonchev–Trinajstić information content (AvgIpc) is 2.45. The molecular formula is C16H24BrN3O. The monoisotopic (exact) mass is 353 g/mol. The Morgan fingerprint density at radius 3 is 2.90 bits per heavy atom. The molecule has 1 aromatic carbocycles. The zero-order valence-corrected chi connectivity index (χ0v) is 14.3. The number of hydrogen-bond donors (Lipinski definition) is 2. The molecule has 0 saturated carbocycles. The fourth-order valence-electron chi connectivity index (χ4n) is 2.77. The number of benzene rings is 1. The van der Waals surface area contributed by atoms with E-state index in [0.717, 1.165) is 29.8 Å². The molecule has 0 aromatic heterocycles. The summed E-state index contributed by atoms with van der Waals surface area (Å²) in [6, 6.07) is 6.14. The molecule has 0 radical (unpaired) electrons. The number of carbonyl (C=O) groups is 1. The second-order valence-electron chi connectivity index (χ2n) is 6.05. The third-order valence-corrected chi connectivity index (χ3v) is 4.54. The van der Waals surface area contributed by atoms with Gasteiger partial charge in [-0.15, -0.1) is 0 Å². The number of piperidine rings is 1. The van der Waals surface area contributed by atoms with E-state index in [-0.39, 0.29) is 5.91 Å². The van der Waals surface area contributed by atoms with E-state index in [4.69, 9.17) is 5.73 Å². The van der Waals surface area contributed by atoms with Gasteiger partial charge in [0.25, 0.3) is 0 Å². The Morgan fingerprint density at radius 2 is 2.29 bits per heavy atom. The van der Waals surface area contributed by atoms with E-state index in [0.29, 0.717) is 17.5 Å². The fraction of sp³-hybridized carbons (Fsp3) is 0.562. The van der Waals surface area contributed by atoms with Crippen LogP contribution in [0.5, 0.6) is 0 Å². The van der Waals surface area contributed by atoms with Gasteiger partial charge in [0.05, 0.1) is 5.69 Å². The van der Waals surface area contributed by atoms with Gasteiger partial charge in [-0.1, -0.05) is 13.8 Å². The minimum Gasteiger partial charge on any atom is -0.370 e. The lowest BCUT2D eigenvalue weighted by molar-refractivity contribution is 0.100. The molecule has 1 aliphatic rings. The molecule has 1 aliphatic heterocycles. The van der Waals surface area contributed by atoms with Crippen molar-refractivity contribution < 1.29 is 4.79 Å². The summed E-state index contributed by atoms with van der Waals surface area (Å²) in [5, 5.41) is 3.53. The van der Waals surface area contributed by atoms with Crippen LogP contribution in [0.15, 0.2) is 22.7 Å². The highest BCUT2D eigenvalue weighted by Gasteiger charge is 2.21. The number of amides is 1. The summed E-state index contributed by atoms with van der Waals surface area (Å²) in [5.41, 5.74) is 7.01. The fourth-order valence-corrected chi connectivity index (χ4v) is 3.40. The van der Waals surface area contributed by atoms with Crippen LogP contribution in [-0.2, 0) is 0 Å². The van der Waals surface area contributed by atoms with Crippen LogP contribution >= 0.6 is 15.9 Å². The Hall–Kier alpha value is -1.07. The van der Waals surface area contributed by atoms with E-state index in [2.05, 4.69) is 40.0 Å². The summed E-state index contributed by atoms with van der Waals surface area (Å²) in [6.45, 7) is 7.53. The highest BCUT2D eigenvalue weighted by atomic mass is 79.9. The van der Waals surface area contributed by atoms with E-state index in [9.17, 15) is 4.79 Å². The largest absolute Gasteiger partial charge is 0.370 e. The molecular weight excluding hydrogens is 330 g/mol. The summed E-state index contributed by atoms with van der Waals surface area (Å²) < 4.78 is 0.941. The Labute approximate surface area is 135 Å². The summed E-state index contributed by atoms with van der Waals surface area (Å²) >= 11 is 3.57. The second kappa shape index (κ2) is 7.27. The van der Waals surface area contributed by atoms with Crippen molar-refractivity contribution in [1.29, 1.82) is 0 Å². The lowest BCUT2D eigenvalue weighted by Crippen LogP contribution is -2.41. The first-order valence-corrected chi connectivity index (χ1v) is 8.34. The van der Waals surface area contributed by atoms with Crippen molar-refractivity contribution in [2.24, 2.45) is 11.7 Å². The molecule has 21 heavy (non-hydrogen) atoms. The molecule has 0 aliphatic carbocycles. The zero-order valence-electron chi connectivity index (χ0n) is 12.7. The normalized spacial score (nSPS) is 19.0. The maximum absolute atomic E-state index is 11.2. The number of hydrogen-bond acceptors (Lipinski definition) is 3. The minimum absolute atomic E-state index is 0.389. The van der Waals surface area contributed by atoms with E-state index in [1.165, 1.54) is 12.8 Å². The summed E-state index contributed by atoms with van der Waals surface area (Å²) in [7, 11) is 0. The molecule has 1 saturated heterocycles. The maximum atomic E-state index is 11.2. The van der Waals surface area contributed by atoms with Crippen molar-refractivity contribution in [1.82, 2.24) is 5.32 Å². The van der Waals surface area contributed by atoms with Gasteiger partial charge in [-0.25, -0.2) is 0 Å². The number of halogens is 1. The van der Waals surface area contributed by atoms with Crippen LogP contribution in [-0.4, -0.2) is 31.6 Å². The smallest absolute Gasteiger partial charge is 0.248 e. The molecule has 0 spiro atoms. The van der Waals surface area contributed by atoms with E-state index >= 15 is 0 Å². The third-order valence-electron chi connectivity index (χ3n) is 3.91. The Bertz CT molecular complexity index is 504.